The number of rotatable bonds is 3. The lowest BCUT2D eigenvalue weighted by atomic mass is 9.94. The fourth-order valence-electron chi connectivity index (χ4n) is 3.53. The van der Waals surface area contributed by atoms with Gasteiger partial charge >= 0.3 is 0 Å². The maximum absolute atomic E-state index is 13.1. The lowest BCUT2D eigenvalue weighted by molar-refractivity contribution is -0.145. The van der Waals surface area contributed by atoms with E-state index in [-0.39, 0.29) is 30.2 Å². The molecular weight excluding hydrogens is 307 g/mol. The third-order valence-electron chi connectivity index (χ3n) is 5.09. The SMILES string of the molecule is O=C1CCCCCCCN1CC(=O)N1CC[C@@H]1c1ccc(F)cc1. The highest BCUT2D eigenvalue weighted by Crippen LogP contribution is 2.33. The molecule has 1 aromatic carbocycles. The van der Waals surface area contributed by atoms with Crippen molar-refractivity contribution in [1.29, 1.82) is 0 Å². The van der Waals surface area contributed by atoms with E-state index >= 15 is 0 Å². The van der Waals surface area contributed by atoms with E-state index in [0.29, 0.717) is 19.5 Å². The molecule has 0 spiro atoms. The molecule has 24 heavy (non-hydrogen) atoms. The van der Waals surface area contributed by atoms with Crippen LogP contribution in [-0.4, -0.2) is 41.2 Å². The summed E-state index contributed by atoms with van der Waals surface area (Å²) in [5.41, 5.74) is 0.965. The summed E-state index contributed by atoms with van der Waals surface area (Å²) < 4.78 is 13.1. The van der Waals surface area contributed by atoms with Crippen LogP contribution in [0.15, 0.2) is 24.3 Å². The number of amides is 2. The van der Waals surface area contributed by atoms with Crippen molar-refractivity contribution in [3.8, 4) is 0 Å². The molecule has 0 aromatic heterocycles. The fourth-order valence-corrected chi connectivity index (χ4v) is 3.53. The van der Waals surface area contributed by atoms with Crippen LogP contribution in [0.1, 0.15) is 56.6 Å². The van der Waals surface area contributed by atoms with Gasteiger partial charge in [-0.25, -0.2) is 4.39 Å². The first-order valence-electron chi connectivity index (χ1n) is 8.98. The minimum atomic E-state index is -0.266. The summed E-state index contributed by atoms with van der Waals surface area (Å²) >= 11 is 0. The van der Waals surface area contributed by atoms with Crippen LogP contribution in [0.4, 0.5) is 4.39 Å². The highest BCUT2D eigenvalue weighted by Gasteiger charge is 2.34. The number of likely N-dealkylation sites (tertiary alicyclic amines) is 1. The Morgan fingerprint density at radius 1 is 1.04 bits per heavy atom. The topological polar surface area (TPSA) is 40.6 Å². The van der Waals surface area contributed by atoms with Crippen molar-refractivity contribution < 1.29 is 14.0 Å². The second-order valence-corrected chi connectivity index (χ2v) is 6.78. The molecule has 1 aromatic rings. The van der Waals surface area contributed by atoms with Crippen LogP contribution in [-0.2, 0) is 9.59 Å². The Balaban J connectivity index is 1.61. The van der Waals surface area contributed by atoms with Gasteiger partial charge in [0.1, 0.15) is 5.82 Å². The monoisotopic (exact) mass is 332 g/mol. The van der Waals surface area contributed by atoms with E-state index < -0.39 is 0 Å². The molecule has 2 fully saturated rings. The van der Waals surface area contributed by atoms with Gasteiger partial charge in [0.05, 0.1) is 12.6 Å². The molecule has 5 heteroatoms. The van der Waals surface area contributed by atoms with Gasteiger partial charge in [0.15, 0.2) is 0 Å². The summed E-state index contributed by atoms with van der Waals surface area (Å²) in [5, 5.41) is 0. The van der Waals surface area contributed by atoms with Crippen LogP contribution in [0.5, 0.6) is 0 Å². The average Bonchev–Trinajstić information content (AvgIpc) is 2.62. The summed E-state index contributed by atoms with van der Waals surface area (Å²) in [7, 11) is 0. The zero-order valence-electron chi connectivity index (χ0n) is 14.0. The van der Waals surface area contributed by atoms with Crippen molar-refractivity contribution >= 4 is 11.8 Å². The second-order valence-electron chi connectivity index (χ2n) is 6.78. The Morgan fingerprint density at radius 3 is 2.46 bits per heavy atom. The van der Waals surface area contributed by atoms with Crippen LogP contribution in [0, 0.1) is 5.82 Å². The van der Waals surface area contributed by atoms with Crippen molar-refractivity contribution in [1.82, 2.24) is 9.80 Å². The molecule has 2 heterocycles. The summed E-state index contributed by atoms with van der Waals surface area (Å²) in [4.78, 5) is 28.5. The number of nitrogens with zero attached hydrogens (tertiary/aromatic N) is 2. The molecule has 1 atom stereocenters. The molecule has 2 aliphatic rings. The second kappa shape index (κ2) is 7.77. The maximum Gasteiger partial charge on any atom is 0.242 e. The highest BCUT2D eigenvalue weighted by atomic mass is 19.1. The van der Waals surface area contributed by atoms with E-state index in [4.69, 9.17) is 0 Å². The number of halogens is 1. The normalized spacial score (nSPS) is 22.4. The number of carbonyl (C=O) groups is 2. The van der Waals surface area contributed by atoms with Gasteiger partial charge in [-0.3, -0.25) is 9.59 Å². The molecule has 0 N–H and O–H groups in total. The van der Waals surface area contributed by atoms with E-state index in [2.05, 4.69) is 0 Å². The van der Waals surface area contributed by atoms with Gasteiger partial charge in [0.25, 0.3) is 0 Å². The van der Waals surface area contributed by atoms with Crippen LogP contribution >= 0.6 is 0 Å². The van der Waals surface area contributed by atoms with E-state index in [9.17, 15) is 14.0 Å². The van der Waals surface area contributed by atoms with Gasteiger partial charge in [-0.2, -0.15) is 0 Å². The maximum atomic E-state index is 13.1. The number of carbonyl (C=O) groups excluding carboxylic acids is 2. The molecule has 0 unspecified atom stereocenters. The largest absolute Gasteiger partial charge is 0.334 e. The minimum absolute atomic E-state index is 0.00294. The Bertz CT molecular complexity index is 588. The zero-order chi connectivity index (χ0) is 16.9. The quantitative estimate of drug-likeness (QED) is 0.852. The molecule has 2 saturated heterocycles. The molecule has 130 valence electrons. The fraction of sp³-hybridized carbons (Fsp3) is 0.579. The summed E-state index contributed by atoms with van der Waals surface area (Å²) in [6, 6.07) is 6.37. The predicted octanol–water partition coefficient (Wildman–Crippen LogP) is 3.28. The van der Waals surface area contributed by atoms with Crippen molar-refractivity contribution in [2.24, 2.45) is 0 Å². The molecule has 0 bridgehead atoms. The molecule has 2 amide bonds. The van der Waals surface area contributed by atoms with Crippen molar-refractivity contribution in [2.45, 2.75) is 51.0 Å². The zero-order valence-corrected chi connectivity index (χ0v) is 14.0. The van der Waals surface area contributed by atoms with Gasteiger partial charge in [-0.05, 0) is 37.0 Å². The van der Waals surface area contributed by atoms with E-state index in [0.717, 1.165) is 37.7 Å². The van der Waals surface area contributed by atoms with E-state index in [1.165, 1.54) is 18.6 Å². The first-order chi connectivity index (χ1) is 11.6. The molecule has 4 nitrogen and oxygen atoms in total. The van der Waals surface area contributed by atoms with Crippen LogP contribution in [0.2, 0.25) is 0 Å². The smallest absolute Gasteiger partial charge is 0.242 e. The molecule has 2 aliphatic heterocycles. The molecular formula is C19H25FN2O2. The summed E-state index contributed by atoms with van der Waals surface area (Å²) in [6.45, 7) is 1.57. The number of hydrogen-bond acceptors (Lipinski definition) is 2. The Hall–Kier alpha value is -1.91. The lowest BCUT2D eigenvalue weighted by Crippen LogP contribution is -2.50. The van der Waals surface area contributed by atoms with Crippen molar-refractivity contribution in [3.63, 3.8) is 0 Å². The predicted molar refractivity (Wildman–Crippen MR) is 89.8 cm³/mol. The van der Waals surface area contributed by atoms with Gasteiger partial charge in [-0.1, -0.05) is 31.4 Å². The number of benzene rings is 1. The minimum Gasteiger partial charge on any atom is -0.334 e. The van der Waals surface area contributed by atoms with Crippen LogP contribution in [0.3, 0.4) is 0 Å². The Morgan fingerprint density at radius 2 is 1.75 bits per heavy atom. The van der Waals surface area contributed by atoms with Gasteiger partial charge in [0.2, 0.25) is 11.8 Å². The molecule has 0 aliphatic carbocycles. The van der Waals surface area contributed by atoms with Crippen molar-refractivity contribution in [3.05, 3.63) is 35.6 Å². The average molecular weight is 332 g/mol. The third-order valence-corrected chi connectivity index (χ3v) is 5.09. The Kier molecular flexibility index (Phi) is 5.48. The number of hydrogen-bond donors (Lipinski definition) is 0. The standard InChI is InChI=1S/C19H25FN2O2/c20-16-9-7-15(8-10-16)17-11-13-22(17)19(24)14-21-12-5-3-1-2-4-6-18(21)23/h7-10,17H,1-6,11-14H2/t17-/m1/s1. The van der Waals surface area contributed by atoms with Gasteiger partial charge < -0.3 is 9.80 Å². The third kappa shape index (κ3) is 3.94. The highest BCUT2D eigenvalue weighted by molar-refractivity contribution is 5.85. The van der Waals surface area contributed by atoms with E-state index in [1.54, 1.807) is 17.0 Å². The van der Waals surface area contributed by atoms with Gasteiger partial charge in [0, 0.05) is 19.5 Å². The first-order valence-corrected chi connectivity index (χ1v) is 8.98. The first kappa shape index (κ1) is 16.9. The van der Waals surface area contributed by atoms with Crippen LogP contribution < -0.4 is 0 Å². The summed E-state index contributed by atoms with van der Waals surface area (Å²) in [6.07, 6.45) is 6.74. The van der Waals surface area contributed by atoms with Gasteiger partial charge in [-0.15, -0.1) is 0 Å². The van der Waals surface area contributed by atoms with Crippen LogP contribution in [0.25, 0.3) is 0 Å². The molecule has 3 rings (SSSR count). The molecule has 0 saturated carbocycles. The Labute approximate surface area is 142 Å². The lowest BCUT2D eigenvalue weighted by Gasteiger charge is -2.42. The molecule has 0 radical (unpaired) electrons. The summed E-state index contributed by atoms with van der Waals surface area (Å²) in [5.74, 6) is -0.162. The van der Waals surface area contributed by atoms with Crippen molar-refractivity contribution in [2.75, 3.05) is 19.6 Å². The van der Waals surface area contributed by atoms with E-state index in [1.807, 2.05) is 4.90 Å².